The van der Waals surface area contributed by atoms with Gasteiger partial charge in [-0.3, -0.25) is 4.90 Å². The minimum atomic E-state index is -0.396. The Labute approximate surface area is 206 Å². The van der Waals surface area contributed by atoms with Crippen LogP contribution in [0.5, 0.6) is 0 Å². The summed E-state index contributed by atoms with van der Waals surface area (Å²) in [6.07, 6.45) is 8.06. The standard InChI is InChI=1S/C27H35FN4O3/c1-18-12-23(29-11-9-19-6-4-3-5-7-19)24(32(18)26(33)34-2)17-35-22-8-10-27(14-20(27)13-22)25-30-15-21(28)16-31-25/h3-7,15-16,18,20,22-24,29H,8-14,17H2,1-2H3/t18-,20+,22-,23+,24+,27+/m1/s1. The van der Waals surface area contributed by atoms with Crippen molar-refractivity contribution in [3.8, 4) is 0 Å². The molecule has 8 heteroatoms. The average molecular weight is 483 g/mol. The molecule has 0 bridgehead atoms. The molecule has 2 aromatic rings. The van der Waals surface area contributed by atoms with Crippen molar-refractivity contribution in [2.75, 3.05) is 20.3 Å². The van der Waals surface area contributed by atoms with Crippen LogP contribution in [0, 0.1) is 11.7 Å². The molecule has 5 rings (SSSR count). The first kappa shape index (κ1) is 24.1. The Bertz CT molecular complexity index is 1010. The molecule has 3 fully saturated rings. The van der Waals surface area contributed by atoms with E-state index in [0.29, 0.717) is 12.5 Å². The summed E-state index contributed by atoms with van der Waals surface area (Å²) < 4.78 is 24.8. The van der Waals surface area contributed by atoms with Gasteiger partial charge in [0, 0.05) is 17.5 Å². The van der Waals surface area contributed by atoms with Crippen molar-refractivity contribution in [1.29, 1.82) is 0 Å². The Hall–Kier alpha value is -2.58. The zero-order valence-corrected chi connectivity index (χ0v) is 20.5. The number of aromatic nitrogens is 2. The third kappa shape index (κ3) is 5.05. The number of amides is 1. The van der Waals surface area contributed by atoms with Crippen LogP contribution < -0.4 is 5.32 Å². The quantitative estimate of drug-likeness (QED) is 0.616. The fourth-order valence-corrected chi connectivity index (χ4v) is 6.23. The van der Waals surface area contributed by atoms with E-state index in [1.54, 1.807) is 0 Å². The van der Waals surface area contributed by atoms with E-state index in [-0.39, 0.29) is 35.7 Å². The number of halogens is 1. The first-order valence-corrected chi connectivity index (χ1v) is 12.7. The smallest absolute Gasteiger partial charge is 0.410 e. The van der Waals surface area contributed by atoms with Crippen molar-refractivity contribution in [2.24, 2.45) is 5.92 Å². The Morgan fingerprint density at radius 3 is 2.71 bits per heavy atom. The average Bonchev–Trinajstić information content (AvgIpc) is 3.53. The molecular weight excluding hydrogens is 447 g/mol. The number of fused-ring (bicyclic) bond motifs is 1. The van der Waals surface area contributed by atoms with E-state index in [4.69, 9.17) is 9.47 Å². The van der Waals surface area contributed by atoms with E-state index in [1.807, 2.05) is 11.0 Å². The van der Waals surface area contributed by atoms with Gasteiger partial charge in [-0.1, -0.05) is 30.3 Å². The third-order valence-electron chi connectivity index (χ3n) is 8.20. The summed E-state index contributed by atoms with van der Waals surface area (Å²) >= 11 is 0. The molecule has 7 nitrogen and oxygen atoms in total. The Morgan fingerprint density at radius 1 is 1.23 bits per heavy atom. The number of carbonyl (C=O) groups excluding carboxylic acids is 1. The largest absolute Gasteiger partial charge is 0.453 e. The summed E-state index contributed by atoms with van der Waals surface area (Å²) in [5.41, 5.74) is 1.29. The van der Waals surface area contributed by atoms with Gasteiger partial charge in [0.1, 0.15) is 5.82 Å². The molecule has 1 saturated heterocycles. The highest BCUT2D eigenvalue weighted by Crippen LogP contribution is 2.61. The Balaban J connectivity index is 1.18. The molecule has 1 aliphatic heterocycles. The number of nitrogens with zero attached hydrogens (tertiary/aromatic N) is 3. The SMILES string of the molecule is COC(=O)N1[C@H](C)C[C@H](NCCc2ccccc2)[C@@H]1CO[C@@H]1CC[C@]2(c3ncc(F)cn3)C[C@@H]2C1. The van der Waals surface area contributed by atoms with E-state index < -0.39 is 5.82 Å². The van der Waals surface area contributed by atoms with Crippen LogP contribution in [0.2, 0.25) is 0 Å². The van der Waals surface area contributed by atoms with Crippen LogP contribution >= 0.6 is 0 Å². The van der Waals surface area contributed by atoms with Crippen LogP contribution in [0.25, 0.3) is 0 Å². The van der Waals surface area contributed by atoms with Crippen molar-refractivity contribution >= 4 is 6.09 Å². The molecule has 1 amide bonds. The molecule has 1 aromatic heterocycles. The van der Waals surface area contributed by atoms with Gasteiger partial charge in [-0.25, -0.2) is 19.2 Å². The van der Waals surface area contributed by atoms with Gasteiger partial charge in [-0.15, -0.1) is 0 Å². The molecule has 188 valence electrons. The second-order valence-corrected chi connectivity index (χ2v) is 10.3. The van der Waals surface area contributed by atoms with Gasteiger partial charge in [0.2, 0.25) is 0 Å². The summed E-state index contributed by atoms with van der Waals surface area (Å²) in [5, 5.41) is 3.68. The van der Waals surface area contributed by atoms with Gasteiger partial charge >= 0.3 is 6.09 Å². The Kier molecular flexibility index (Phi) is 7.02. The fourth-order valence-electron chi connectivity index (χ4n) is 6.23. The molecule has 0 unspecified atom stereocenters. The minimum Gasteiger partial charge on any atom is -0.453 e. The minimum absolute atomic E-state index is 0.00495. The number of rotatable bonds is 8. The van der Waals surface area contributed by atoms with Crippen LogP contribution in [-0.2, 0) is 21.3 Å². The molecule has 6 atom stereocenters. The lowest BCUT2D eigenvalue weighted by Crippen LogP contribution is -2.49. The molecule has 0 radical (unpaired) electrons. The maximum atomic E-state index is 13.3. The van der Waals surface area contributed by atoms with Gasteiger partial charge in [-0.05, 0) is 63.5 Å². The second kappa shape index (κ2) is 10.2. The van der Waals surface area contributed by atoms with E-state index in [9.17, 15) is 9.18 Å². The molecule has 35 heavy (non-hydrogen) atoms. The summed E-state index contributed by atoms with van der Waals surface area (Å²) in [6.45, 7) is 3.41. The lowest BCUT2D eigenvalue weighted by Gasteiger charge is -2.33. The monoisotopic (exact) mass is 482 g/mol. The first-order valence-electron chi connectivity index (χ1n) is 12.7. The van der Waals surface area contributed by atoms with Gasteiger partial charge in [0.15, 0.2) is 5.82 Å². The number of likely N-dealkylation sites (tertiary alicyclic amines) is 1. The first-order chi connectivity index (χ1) is 17.0. The van der Waals surface area contributed by atoms with E-state index in [1.165, 1.54) is 25.1 Å². The van der Waals surface area contributed by atoms with Gasteiger partial charge in [-0.2, -0.15) is 0 Å². The topological polar surface area (TPSA) is 76.6 Å². The van der Waals surface area contributed by atoms with Crippen LogP contribution in [0.15, 0.2) is 42.7 Å². The van der Waals surface area contributed by atoms with Crippen molar-refractivity contribution in [3.63, 3.8) is 0 Å². The van der Waals surface area contributed by atoms with Crippen molar-refractivity contribution < 1.29 is 18.7 Å². The summed E-state index contributed by atoms with van der Waals surface area (Å²) in [7, 11) is 1.44. The zero-order valence-electron chi connectivity index (χ0n) is 20.5. The molecule has 1 aromatic carbocycles. The number of carbonyl (C=O) groups is 1. The lowest BCUT2D eigenvalue weighted by atomic mass is 9.86. The van der Waals surface area contributed by atoms with Gasteiger partial charge in [0.25, 0.3) is 0 Å². The zero-order chi connectivity index (χ0) is 24.4. The third-order valence-corrected chi connectivity index (χ3v) is 8.20. The molecular formula is C27H35FN4O3. The molecule has 0 spiro atoms. The summed E-state index contributed by atoms with van der Waals surface area (Å²) in [4.78, 5) is 23.0. The summed E-state index contributed by atoms with van der Waals surface area (Å²) in [5.74, 6) is 0.851. The van der Waals surface area contributed by atoms with Crippen molar-refractivity contribution in [3.05, 3.63) is 59.9 Å². The highest BCUT2D eigenvalue weighted by Gasteiger charge is 2.60. The maximum absolute atomic E-state index is 13.3. The number of hydrogen-bond donors (Lipinski definition) is 1. The van der Waals surface area contributed by atoms with E-state index in [0.717, 1.165) is 50.9 Å². The number of nitrogens with one attached hydrogen (secondary N) is 1. The van der Waals surface area contributed by atoms with E-state index >= 15 is 0 Å². The second-order valence-electron chi connectivity index (χ2n) is 10.3. The van der Waals surface area contributed by atoms with Crippen LogP contribution in [0.3, 0.4) is 0 Å². The maximum Gasteiger partial charge on any atom is 0.410 e. The van der Waals surface area contributed by atoms with Crippen LogP contribution in [-0.4, -0.2) is 65.5 Å². The number of hydrogen-bond acceptors (Lipinski definition) is 6. The highest BCUT2D eigenvalue weighted by molar-refractivity contribution is 5.69. The Morgan fingerprint density at radius 2 is 2.00 bits per heavy atom. The fraction of sp³-hybridized carbons (Fsp3) is 0.593. The molecule has 2 aliphatic carbocycles. The summed E-state index contributed by atoms with van der Waals surface area (Å²) in [6, 6.07) is 10.6. The predicted molar refractivity (Wildman–Crippen MR) is 129 cm³/mol. The number of methoxy groups -OCH3 is 1. The molecule has 3 aliphatic rings. The van der Waals surface area contributed by atoms with Gasteiger partial charge in [0.05, 0.1) is 38.3 Å². The van der Waals surface area contributed by atoms with Crippen LogP contribution in [0.4, 0.5) is 9.18 Å². The van der Waals surface area contributed by atoms with Crippen LogP contribution in [0.1, 0.15) is 50.4 Å². The van der Waals surface area contributed by atoms with Crippen molar-refractivity contribution in [1.82, 2.24) is 20.2 Å². The van der Waals surface area contributed by atoms with Crippen molar-refractivity contribution in [2.45, 2.75) is 75.1 Å². The normalized spacial score (nSPS) is 31.7. The molecule has 2 saturated carbocycles. The lowest BCUT2D eigenvalue weighted by molar-refractivity contribution is -0.0112. The van der Waals surface area contributed by atoms with E-state index in [2.05, 4.69) is 46.5 Å². The highest BCUT2D eigenvalue weighted by atomic mass is 19.1. The molecule has 2 heterocycles. The number of benzene rings is 1. The van der Waals surface area contributed by atoms with Gasteiger partial charge < -0.3 is 14.8 Å². The molecule has 1 N–H and O–H groups in total. The predicted octanol–water partition coefficient (Wildman–Crippen LogP) is 3.87. The number of ether oxygens (including phenoxy) is 2.